The van der Waals surface area contributed by atoms with E-state index in [0.717, 1.165) is 36.8 Å². The minimum atomic E-state index is 0.771. The van der Waals surface area contributed by atoms with Gasteiger partial charge in [0, 0.05) is 13.1 Å². The van der Waals surface area contributed by atoms with E-state index in [9.17, 15) is 0 Å². The molecule has 3 rings (SSSR count). The highest BCUT2D eigenvalue weighted by Crippen LogP contribution is 2.27. The van der Waals surface area contributed by atoms with Crippen LogP contribution in [-0.4, -0.2) is 21.3 Å². The molecule has 17 heavy (non-hydrogen) atoms. The largest absolute Gasteiger partial charge is 0.397 e. The highest BCUT2D eigenvalue weighted by atomic mass is 15.3. The summed E-state index contributed by atoms with van der Waals surface area (Å²) >= 11 is 0. The number of fused-ring (bicyclic) bond motifs is 1. The topological polar surface area (TPSA) is 60.0 Å². The lowest BCUT2D eigenvalue weighted by molar-refractivity contribution is 0.560. The lowest BCUT2D eigenvalue weighted by atomic mass is 10.1. The van der Waals surface area contributed by atoms with Crippen LogP contribution in [0.5, 0.6) is 0 Å². The van der Waals surface area contributed by atoms with Crippen molar-refractivity contribution in [2.45, 2.75) is 20.0 Å². The quantitative estimate of drug-likeness (QED) is 0.746. The third kappa shape index (κ3) is 1.73. The van der Waals surface area contributed by atoms with Crippen LogP contribution in [0.25, 0.3) is 0 Å². The summed E-state index contributed by atoms with van der Waals surface area (Å²) in [4.78, 5) is 2.26. The number of hydrogen-bond donors (Lipinski definition) is 1. The van der Waals surface area contributed by atoms with Gasteiger partial charge in [-0.25, -0.2) is 0 Å². The van der Waals surface area contributed by atoms with E-state index in [1.54, 1.807) is 6.33 Å². The van der Waals surface area contributed by atoms with Gasteiger partial charge in [0.2, 0.25) is 0 Å². The lowest BCUT2D eigenvalue weighted by Crippen LogP contribution is -2.34. The highest BCUT2D eigenvalue weighted by Gasteiger charge is 2.19. The summed E-state index contributed by atoms with van der Waals surface area (Å²) in [5, 5.41) is 8.04. The van der Waals surface area contributed by atoms with Crippen LogP contribution in [0.3, 0.4) is 0 Å². The second kappa shape index (κ2) is 3.76. The van der Waals surface area contributed by atoms with Gasteiger partial charge in [-0.3, -0.25) is 0 Å². The van der Waals surface area contributed by atoms with E-state index in [1.165, 1.54) is 5.56 Å². The summed E-state index contributed by atoms with van der Waals surface area (Å²) in [6, 6.07) is 6.12. The first-order valence-electron chi connectivity index (χ1n) is 5.72. The zero-order chi connectivity index (χ0) is 11.8. The van der Waals surface area contributed by atoms with Gasteiger partial charge in [-0.1, -0.05) is 6.07 Å². The van der Waals surface area contributed by atoms with E-state index in [-0.39, 0.29) is 0 Å². The van der Waals surface area contributed by atoms with Crippen molar-refractivity contribution in [3.8, 4) is 0 Å². The number of nitrogens with two attached hydrogens (primary N) is 1. The molecule has 0 saturated heterocycles. The Kier molecular flexibility index (Phi) is 2.24. The van der Waals surface area contributed by atoms with Crippen molar-refractivity contribution in [2.75, 3.05) is 17.2 Å². The van der Waals surface area contributed by atoms with Gasteiger partial charge in [-0.15, -0.1) is 10.2 Å². The monoisotopic (exact) mass is 229 g/mol. The Balaban J connectivity index is 1.94. The molecule has 1 aliphatic heterocycles. The molecule has 1 aliphatic rings. The molecule has 1 aromatic heterocycles. The summed E-state index contributed by atoms with van der Waals surface area (Å²) in [5.74, 6) is 0.997. The molecule has 0 radical (unpaired) electrons. The number of aryl methyl sites for hydroxylation is 1. The number of rotatable bonds is 1. The van der Waals surface area contributed by atoms with Crippen molar-refractivity contribution in [2.24, 2.45) is 0 Å². The standard InChI is InChI=1S/C12H15N5/c1-9-2-3-10(13)11(6-9)16-4-5-17-8-14-15-12(17)7-16/h2-3,6,8H,4-5,7,13H2,1H3. The normalized spacial score (nSPS) is 14.8. The van der Waals surface area contributed by atoms with Gasteiger partial charge in [0.05, 0.1) is 17.9 Å². The zero-order valence-electron chi connectivity index (χ0n) is 9.80. The maximum atomic E-state index is 6.03. The molecule has 0 fully saturated rings. The molecule has 0 unspecified atom stereocenters. The van der Waals surface area contributed by atoms with Crippen molar-refractivity contribution in [1.82, 2.24) is 14.8 Å². The number of aromatic nitrogens is 3. The van der Waals surface area contributed by atoms with E-state index in [1.807, 2.05) is 12.1 Å². The lowest BCUT2D eigenvalue weighted by Gasteiger charge is -2.30. The third-order valence-corrected chi connectivity index (χ3v) is 3.17. The van der Waals surface area contributed by atoms with Gasteiger partial charge in [0.1, 0.15) is 6.33 Å². The van der Waals surface area contributed by atoms with Crippen LogP contribution in [-0.2, 0) is 13.1 Å². The summed E-state index contributed by atoms with van der Waals surface area (Å²) in [7, 11) is 0. The molecule has 5 nitrogen and oxygen atoms in total. The third-order valence-electron chi connectivity index (χ3n) is 3.17. The van der Waals surface area contributed by atoms with Crippen LogP contribution < -0.4 is 10.6 Å². The number of hydrogen-bond acceptors (Lipinski definition) is 4. The minimum Gasteiger partial charge on any atom is -0.397 e. The van der Waals surface area contributed by atoms with Gasteiger partial charge in [-0.2, -0.15) is 0 Å². The van der Waals surface area contributed by atoms with Crippen LogP contribution in [0.2, 0.25) is 0 Å². The smallest absolute Gasteiger partial charge is 0.152 e. The summed E-state index contributed by atoms with van der Waals surface area (Å²) in [6.07, 6.45) is 1.78. The maximum Gasteiger partial charge on any atom is 0.152 e. The summed E-state index contributed by atoms with van der Waals surface area (Å²) in [5.41, 5.74) is 9.17. The molecule has 0 spiro atoms. The average Bonchev–Trinajstić information content (AvgIpc) is 2.79. The van der Waals surface area contributed by atoms with Crippen LogP contribution in [0.15, 0.2) is 24.5 Å². The zero-order valence-corrected chi connectivity index (χ0v) is 9.80. The first-order valence-corrected chi connectivity index (χ1v) is 5.72. The number of anilines is 2. The summed E-state index contributed by atoms with van der Waals surface area (Å²) in [6.45, 7) is 4.71. The molecule has 0 saturated carbocycles. The Bertz CT molecular complexity index is 546. The predicted octanol–water partition coefficient (Wildman–Crippen LogP) is 1.19. The van der Waals surface area contributed by atoms with E-state index >= 15 is 0 Å². The Hall–Kier alpha value is -2.04. The van der Waals surface area contributed by atoms with Crippen molar-refractivity contribution in [3.05, 3.63) is 35.9 Å². The number of benzene rings is 1. The van der Waals surface area contributed by atoms with Crippen LogP contribution in [0.1, 0.15) is 11.4 Å². The van der Waals surface area contributed by atoms with Gasteiger partial charge < -0.3 is 15.2 Å². The molecule has 0 bridgehead atoms. The Labute approximate surface area is 99.9 Å². The molecular formula is C12H15N5. The van der Waals surface area contributed by atoms with E-state index in [4.69, 9.17) is 5.73 Å². The van der Waals surface area contributed by atoms with Crippen LogP contribution in [0.4, 0.5) is 11.4 Å². The van der Waals surface area contributed by atoms with Crippen LogP contribution >= 0.6 is 0 Å². The second-order valence-electron chi connectivity index (χ2n) is 4.42. The van der Waals surface area contributed by atoms with Crippen molar-refractivity contribution in [1.29, 1.82) is 0 Å². The molecule has 88 valence electrons. The van der Waals surface area contributed by atoms with E-state index < -0.39 is 0 Å². The van der Waals surface area contributed by atoms with Gasteiger partial charge in [-0.05, 0) is 24.6 Å². The van der Waals surface area contributed by atoms with Crippen molar-refractivity contribution in [3.63, 3.8) is 0 Å². The molecule has 1 aromatic carbocycles. The van der Waals surface area contributed by atoms with E-state index in [0.29, 0.717) is 0 Å². The van der Waals surface area contributed by atoms with Gasteiger partial charge in [0.15, 0.2) is 5.82 Å². The molecular weight excluding hydrogens is 214 g/mol. The molecule has 2 heterocycles. The van der Waals surface area contributed by atoms with Crippen molar-refractivity contribution < 1.29 is 0 Å². The number of nitrogens with zero attached hydrogens (tertiary/aromatic N) is 4. The van der Waals surface area contributed by atoms with Gasteiger partial charge in [0.25, 0.3) is 0 Å². The average molecular weight is 229 g/mol. The van der Waals surface area contributed by atoms with E-state index in [2.05, 4.69) is 32.7 Å². The molecule has 5 heteroatoms. The molecule has 0 aliphatic carbocycles. The predicted molar refractivity (Wildman–Crippen MR) is 66.7 cm³/mol. The fraction of sp³-hybridized carbons (Fsp3) is 0.333. The minimum absolute atomic E-state index is 0.771. The van der Waals surface area contributed by atoms with Gasteiger partial charge >= 0.3 is 0 Å². The fourth-order valence-electron chi connectivity index (χ4n) is 2.20. The molecule has 0 atom stereocenters. The molecule has 2 N–H and O–H groups in total. The fourth-order valence-corrected chi connectivity index (χ4v) is 2.20. The van der Waals surface area contributed by atoms with Crippen molar-refractivity contribution >= 4 is 11.4 Å². The molecule has 0 amide bonds. The Morgan fingerprint density at radius 1 is 1.29 bits per heavy atom. The maximum absolute atomic E-state index is 6.03. The van der Waals surface area contributed by atoms with Crippen LogP contribution in [0, 0.1) is 6.92 Å². The number of nitrogen functional groups attached to an aromatic ring is 1. The molecule has 2 aromatic rings. The SMILES string of the molecule is Cc1ccc(N)c(N2CCn3cnnc3C2)c1. The first kappa shape index (κ1) is 10.1. The Morgan fingerprint density at radius 3 is 3.06 bits per heavy atom. The summed E-state index contributed by atoms with van der Waals surface area (Å²) < 4.78 is 2.09. The Morgan fingerprint density at radius 2 is 2.18 bits per heavy atom. The second-order valence-corrected chi connectivity index (χ2v) is 4.42. The first-order chi connectivity index (χ1) is 8.24. The highest BCUT2D eigenvalue weighted by molar-refractivity contribution is 5.68.